The van der Waals surface area contributed by atoms with Crippen LogP contribution in [0.4, 0.5) is 0 Å². The molecule has 0 amide bonds. The van der Waals surface area contributed by atoms with Gasteiger partial charge in [-0.1, -0.05) is 54.1 Å². The molecule has 3 aromatic rings. The van der Waals surface area contributed by atoms with Crippen LogP contribution >= 0.6 is 0 Å². The molecule has 0 aliphatic carbocycles. The molecule has 0 radical (unpaired) electrons. The van der Waals surface area contributed by atoms with Crippen LogP contribution in [0.3, 0.4) is 0 Å². The minimum atomic E-state index is 1.08. The van der Waals surface area contributed by atoms with Crippen LogP contribution in [-0.2, 0) is 13.0 Å². The summed E-state index contributed by atoms with van der Waals surface area (Å²) in [6, 6.07) is 19.8. The van der Waals surface area contributed by atoms with Gasteiger partial charge in [-0.2, -0.15) is 5.10 Å². The Morgan fingerprint density at radius 3 is 2.18 bits per heavy atom. The fourth-order valence-corrected chi connectivity index (χ4v) is 3.90. The minimum absolute atomic E-state index is 1.08. The van der Waals surface area contributed by atoms with Gasteiger partial charge in [0.15, 0.2) is 0 Å². The predicted molar refractivity (Wildman–Crippen MR) is 115 cm³/mol. The molecular weight excluding hydrogens is 344 g/mol. The van der Waals surface area contributed by atoms with Gasteiger partial charge in [-0.25, -0.2) is 0 Å². The number of nitrogens with zero attached hydrogens (tertiary/aromatic N) is 3. The highest BCUT2D eigenvalue weighted by molar-refractivity contribution is 5.58. The Morgan fingerprint density at radius 1 is 0.821 bits per heavy atom. The molecule has 4 heteroatoms. The lowest BCUT2D eigenvalue weighted by molar-refractivity contribution is 0.126. The van der Waals surface area contributed by atoms with Crippen molar-refractivity contribution in [1.29, 1.82) is 0 Å². The van der Waals surface area contributed by atoms with E-state index in [0.717, 1.165) is 18.7 Å². The van der Waals surface area contributed by atoms with Gasteiger partial charge in [0.1, 0.15) is 0 Å². The van der Waals surface area contributed by atoms with E-state index in [-0.39, 0.29) is 0 Å². The topological polar surface area (TPSA) is 35.2 Å². The number of benzene rings is 2. The third-order valence-electron chi connectivity index (χ3n) is 5.70. The maximum Gasteiger partial charge on any atom is 0.0650 e. The predicted octanol–water partition coefficient (Wildman–Crippen LogP) is 4.14. The van der Waals surface area contributed by atoms with Crippen molar-refractivity contribution in [2.75, 3.05) is 32.7 Å². The van der Waals surface area contributed by atoms with E-state index in [9.17, 15) is 0 Å². The molecule has 0 saturated carbocycles. The van der Waals surface area contributed by atoms with Gasteiger partial charge in [0, 0.05) is 38.9 Å². The summed E-state index contributed by atoms with van der Waals surface area (Å²) in [5.74, 6) is 0. The van der Waals surface area contributed by atoms with E-state index in [1.54, 1.807) is 6.20 Å². The molecule has 0 atom stereocenters. The molecule has 4 nitrogen and oxygen atoms in total. The molecule has 1 fully saturated rings. The zero-order valence-electron chi connectivity index (χ0n) is 16.8. The smallest absolute Gasteiger partial charge is 0.0650 e. The Morgan fingerprint density at radius 2 is 1.50 bits per heavy atom. The highest BCUT2D eigenvalue weighted by atomic mass is 15.3. The van der Waals surface area contributed by atoms with Crippen LogP contribution in [0.1, 0.15) is 23.1 Å². The summed E-state index contributed by atoms with van der Waals surface area (Å²) < 4.78 is 0. The van der Waals surface area contributed by atoms with Crippen LogP contribution in [0.15, 0.2) is 60.8 Å². The van der Waals surface area contributed by atoms with E-state index < -0.39 is 0 Å². The molecule has 28 heavy (non-hydrogen) atoms. The zero-order valence-corrected chi connectivity index (χ0v) is 16.8. The van der Waals surface area contributed by atoms with Crippen molar-refractivity contribution in [3.63, 3.8) is 0 Å². The third kappa shape index (κ3) is 5.09. The van der Waals surface area contributed by atoms with Crippen molar-refractivity contribution >= 4 is 0 Å². The Bertz CT molecular complexity index is 829. The molecule has 1 saturated heterocycles. The summed E-state index contributed by atoms with van der Waals surface area (Å²) >= 11 is 0. The fourth-order valence-electron chi connectivity index (χ4n) is 3.90. The lowest BCUT2D eigenvalue weighted by atomic mass is 10.1. The van der Waals surface area contributed by atoms with E-state index >= 15 is 0 Å². The normalized spacial score (nSPS) is 15.8. The SMILES string of the molecule is Cc1ccc(CN2CCN(CCCc3ccc(-c4ccn[nH]4)cc3)CC2)cc1. The molecule has 0 unspecified atom stereocenters. The first-order valence-corrected chi connectivity index (χ1v) is 10.4. The van der Waals surface area contributed by atoms with Crippen LogP contribution in [-0.4, -0.2) is 52.7 Å². The van der Waals surface area contributed by atoms with Gasteiger partial charge in [0.05, 0.1) is 5.69 Å². The largest absolute Gasteiger partial charge is 0.301 e. The van der Waals surface area contributed by atoms with Crippen LogP contribution in [0.25, 0.3) is 11.3 Å². The van der Waals surface area contributed by atoms with Crippen LogP contribution in [0, 0.1) is 6.92 Å². The number of rotatable bonds is 7. The fraction of sp³-hybridized carbons (Fsp3) is 0.375. The summed E-state index contributed by atoms with van der Waals surface area (Å²) in [5.41, 5.74) is 6.46. The van der Waals surface area contributed by atoms with E-state index in [4.69, 9.17) is 0 Å². The second-order valence-electron chi connectivity index (χ2n) is 7.87. The summed E-state index contributed by atoms with van der Waals surface area (Å²) in [7, 11) is 0. The van der Waals surface area contributed by atoms with E-state index in [2.05, 4.69) is 75.5 Å². The lowest BCUT2D eigenvalue weighted by Gasteiger charge is -2.34. The molecule has 0 spiro atoms. The Balaban J connectivity index is 1.17. The summed E-state index contributed by atoms with van der Waals surface area (Å²) in [6.45, 7) is 9.14. The first-order valence-electron chi connectivity index (χ1n) is 10.4. The first-order chi connectivity index (χ1) is 13.8. The second kappa shape index (κ2) is 9.18. The monoisotopic (exact) mass is 374 g/mol. The minimum Gasteiger partial charge on any atom is -0.301 e. The molecular formula is C24H30N4. The van der Waals surface area contributed by atoms with Gasteiger partial charge in [-0.05, 0) is 49.1 Å². The number of hydrogen-bond donors (Lipinski definition) is 1. The van der Waals surface area contributed by atoms with E-state index in [1.807, 2.05) is 6.07 Å². The van der Waals surface area contributed by atoms with Gasteiger partial charge < -0.3 is 4.90 Å². The van der Waals surface area contributed by atoms with Crippen molar-refractivity contribution in [3.8, 4) is 11.3 Å². The molecule has 1 N–H and O–H groups in total. The maximum absolute atomic E-state index is 4.02. The van der Waals surface area contributed by atoms with Crippen LogP contribution in [0.2, 0.25) is 0 Å². The van der Waals surface area contributed by atoms with Gasteiger partial charge in [-0.15, -0.1) is 0 Å². The van der Waals surface area contributed by atoms with Gasteiger partial charge in [0.25, 0.3) is 0 Å². The standard InChI is InChI=1S/C24H30N4/c1-20-4-6-22(7-5-20)19-28-17-15-27(16-18-28)14-2-3-21-8-10-23(11-9-21)24-12-13-25-26-24/h4-13H,2-3,14-19H2,1H3,(H,25,26). The van der Waals surface area contributed by atoms with Crippen molar-refractivity contribution < 1.29 is 0 Å². The first kappa shape index (κ1) is 18.9. The van der Waals surface area contributed by atoms with E-state index in [1.165, 1.54) is 61.4 Å². The van der Waals surface area contributed by atoms with Gasteiger partial charge >= 0.3 is 0 Å². The Labute approximate surface area is 168 Å². The van der Waals surface area contributed by atoms with Crippen LogP contribution < -0.4 is 0 Å². The Kier molecular flexibility index (Phi) is 6.20. The number of H-pyrrole nitrogens is 1. The van der Waals surface area contributed by atoms with Gasteiger partial charge in [-0.3, -0.25) is 10.00 Å². The van der Waals surface area contributed by atoms with Crippen molar-refractivity contribution in [2.45, 2.75) is 26.3 Å². The molecule has 0 bridgehead atoms. The second-order valence-corrected chi connectivity index (χ2v) is 7.87. The molecule has 2 heterocycles. The summed E-state index contributed by atoms with van der Waals surface area (Å²) in [4.78, 5) is 5.19. The third-order valence-corrected chi connectivity index (χ3v) is 5.70. The molecule has 4 rings (SSSR count). The molecule has 146 valence electrons. The number of aryl methyl sites for hydroxylation is 2. The molecule has 1 aliphatic heterocycles. The highest BCUT2D eigenvalue weighted by Gasteiger charge is 2.16. The number of aromatic nitrogens is 2. The number of hydrogen-bond acceptors (Lipinski definition) is 3. The average Bonchev–Trinajstić information content (AvgIpc) is 3.26. The number of piperazine rings is 1. The van der Waals surface area contributed by atoms with Gasteiger partial charge in [0.2, 0.25) is 0 Å². The summed E-state index contributed by atoms with van der Waals surface area (Å²) in [5, 5.41) is 7.04. The van der Waals surface area contributed by atoms with Crippen molar-refractivity contribution in [1.82, 2.24) is 20.0 Å². The van der Waals surface area contributed by atoms with Crippen LogP contribution in [0.5, 0.6) is 0 Å². The lowest BCUT2D eigenvalue weighted by Crippen LogP contribution is -2.46. The van der Waals surface area contributed by atoms with Crippen molar-refractivity contribution in [3.05, 3.63) is 77.5 Å². The molecule has 1 aromatic heterocycles. The Hall–Kier alpha value is -2.43. The molecule has 2 aromatic carbocycles. The number of aromatic amines is 1. The van der Waals surface area contributed by atoms with Crippen molar-refractivity contribution in [2.24, 2.45) is 0 Å². The zero-order chi connectivity index (χ0) is 19.2. The molecule has 1 aliphatic rings. The highest BCUT2D eigenvalue weighted by Crippen LogP contribution is 2.17. The summed E-state index contributed by atoms with van der Waals surface area (Å²) in [6.07, 6.45) is 4.16. The average molecular weight is 375 g/mol. The van der Waals surface area contributed by atoms with E-state index in [0.29, 0.717) is 0 Å². The number of nitrogens with one attached hydrogen (secondary N) is 1. The maximum atomic E-state index is 4.02. The quantitative estimate of drug-likeness (QED) is 0.675.